The third-order valence-electron chi connectivity index (χ3n) is 11.8. The molecule has 3 N–H and O–H groups in total. The molecule has 0 bridgehead atoms. The molecule has 16 heteroatoms. The predicted octanol–water partition coefficient (Wildman–Crippen LogP) is 6.39. The predicted molar refractivity (Wildman–Crippen MR) is 243 cm³/mol. The molecular formula is C47H56ClN7O7S. The number of hydrogen-bond donors (Lipinski definition) is 2. The van der Waals surface area contributed by atoms with Crippen LogP contribution in [-0.2, 0) is 27.7 Å². The molecule has 0 unspecified atom stereocenters. The molecule has 7 rings (SSSR count). The molecule has 334 valence electrons. The third kappa shape index (κ3) is 10.2. The van der Waals surface area contributed by atoms with Gasteiger partial charge in [-0.3, -0.25) is 19.3 Å². The van der Waals surface area contributed by atoms with E-state index in [0.717, 1.165) is 55.3 Å². The number of ether oxygens (including phenoxy) is 2. The maximum Gasteiger partial charge on any atom is 0.275 e. The van der Waals surface area contributed by atoms with Crippen molar-refractivity contribution in [1.29, 1.82) is 0 Å². The first-order chi connectivity index (χ1) is 30.4. The summed E-state index contributed by atoms with van der Waals surface area (Å²) in [6, 6.07) is 21.9. The SMILES string of the molecule is CCCCN(CCCC)C(=O)c1nn(-c2ccc(C(=O)NS(=O)(=O)c3ccc4cccc(OCCN5CCOCC5)c4c3)cc2C(=O)N2Cc3ccccc3C[C@H]2CN)c(C)c1Cl. The van der Waals surface area contributed by atoms with E-state index in [1.165, 1.54) is 35.0 Å². The number of carbonyl (C=O) groups is 3. The van der Waals surface area contributed by atoms with Gasteiger partial charge in [0.2, 0.25) is 0 Å². The summed E-state index contributed by atoms with van der Waals surface area (Å²) in [6.07, 6.45) is 3.97. The minimum atomic E-state index is -4.42. The molecule has 3 heterocycles. The highest BCUT2D eigenvalue weighted by Gasteiger charge is 2.33. The Morgan fingerprint density at radius 2 is 1.68 bits per heavy atom. The number of sulfonamides is 1. The van der Waals surface area contributed by atoms with Crippen molar-refractivity contribution in [2.75, 3.05) is 59.1 Å². The summed E-state index contributed by atoms with van der Waals surface area (Å²) in [5.41, 5.74) is 9.03. The second-order valence-corrected chi connectivity index (χ2v) is 18.1. The van der Waals surface area contributed by atoms with Gasteiger partial charge in [-0.2, -0.15) is 5.10 Å². The molecule has 0 saturated carbocycles. The van der Waals surface area contributed by atoms with Crippen LogP contribution in [0, 0.1) is 6.92 Å². The number of rotatable bonds is 17. The molecule has 3 amide bonds. The van der Waals surface area contributed by atoms with Crippen molar-refractivity contribution in [3.05, 3.63) is 118 Å². The number of nitrogens with one attached hydrogen (secondary N) is 1. The van der Waals surface area contributed by atoms with Crippen LogP contribution >= 0.6 is 11.6 Å². The number of nitrogens with two attached hydrogens (primary N) is 1. The normalized spacial score (nSPS) is 15.6. The monoisotopic (exact) mass is 897 g/mol. The Bertz CT molecular complexity index is 2570. The fourth-order valence-electron chi connectivity index (χ4n) is 8.11. The van der Waals surface area contributed by atoms with Crippen LogP contribution in [-0.4, -0.2) is 116 Å². The maximum atomic E-state index is 14.9. The summed E-state index contributed by atoms with van der Waals surface area (Å²) in [5.74, 6) is -1.19. The highest BCUT2D eigenvalue weighted by molar-refractivity contribution is 7.90. The lowest BCUT2D eigenvalue weighted by Gasteiger charge is -2.36. The van der Waals surface area contributed by atoms with Gasteiger partial charge in [0.15, 0.2) is 5.69 Å². The summed E-state index contributed by atoms with van der Waals surface area (Å²) < 4.78 is 43.1. The number of fused-ring (bicyclic) bond motifs is 2. The maximum absolute atomic E-state index is 14.9. The zero-order chi connectivity index (χ0) is 44.7. The topological polar surface area (TPSA) is 169 Å². The Labute approximate surface area is 374 Å². The fraction of sp³-hybridized carbons (Fsp3) is 0.404. The van der Waals surface area contributed by atoms with Crippen molar-refractivity contribution in [3.8, 4) is 11.4 Å². The van der Waals surface area contributed by atoms with E-state index in [2.05, 4.69) is 23.5 Å². The summed E-state index contributed by atoms with van der Waals surface area (Å²) in [7, 11) is -4.42. The Hall–Kier alpha value is -5.32. The summed E-state index contributed by atoms with van der Waals surface area (Å²) in [4.78, 5) is 48.5. The molecule has 2 aliphatic rings. The molecule has 5 aromatic rings. The molecule has 2 aliphatic heterocycles. The van der Waals surface area contributed by atoms with Crippen LogP contribution in [0.25, 0.3) is 16.5 Å². The van der Waals surface area contributed by atoms with Gasteiger partial charge in [-0.1, -0.05) is 80.8 Å². The molecule has 63 heavy (non-hydrogen) atoms. The van der Waals surface area contributed by atoms with Crippen LogP contribution in [0.15, 0.2) is 83.8 Å². The molecule has 0 radical (unpaired) electrons. The van der Waals surface area contributed by atoms with Crippen molar-refractivity contribution >= 4 is 50.1 Å². The average molecular weight is 899 g/mol. The highest BCUT2D eigenvalue weighted by atomic mass is 35.5. The second kappa shape index (κ2) is 20.5. The van der Waals surface area contributed by atoms with Gasteiger partial charge < -0.3 is 25.0 Å². The Morgan fingerprint density at radius 1 is 0.952 bits per heavy atom. The molecule has 0 spiro atoms. The zero-order valence-corrected chi connectivity index (χ0v) is 37.7. The van der Waals surface area contributed by atoms with Gasteiger partial charge in [-0.05, 0) is 79.1 Å². The van der Waals surface area contributed by atoms with Gasteiger partial charge in [-0.15, -0.1) is 0 Å². The Kier molecular flexibility index (Phi) is 14.8. The number of amides is 3. The zero-order valence-electron chi connectivity index (χ0n) is 36.1. The second-order valence-electron chi connectivity index (χ2n) is 16.1. The van der Waals surface area contributed by atoms with E-state index >= 15 is 0 Å². The van der Waals surface area contributed by atoms with Crippen molar-refractivity contribution < 1.29 is 32.3 Å². The number of aromatic nitrogens is 2. The largest absolute Gasteiger partial charge is 0.492 e. The van der Waals surface area contributed by atoms with Gasteiger partial charge in [0.1, 0.15) is 12.4 Å². The summed E-state index contributed by atoms with van der Waals surface area (Å²) in [6.45, 7) is 11.4. The average Bonchev–Trinajstić information content (AvgIpc) is 3.60. The number of halogens is 1. The van der Waals surface area contributed by atoms with Gasteiger partial charge in [-0.25, -0.2) is 17.8 Å². The molecule has 1 aromatic heterocycles. The molecule has 1 saturated heterocycles. The summed E-state index contributed by atoms with van der Waals surface area (Å²) >= 11 is 6.88. The lowest BCUT2D eigenvalue weighted by molar-refractivity contribution is 0.0323. The molecule has 4 aromatic carbocycles. The van der Waals surface area contributed by atoms with Crippen LogP contribution in [0.3, 0.4) is 0 Å². The van der Waals surface area contributed by atoms with E-state index in [9.17, 15) is 22.8 Å². The van der Waals surface area contributed by atoms with E-state index in [1.54, 1.807) is 28.9 Å². The fourth-order valence-corrected chi connectivity index (χ4v) is 9.30. The lowest BCUT2D eigenvalue weighted by Crippen LogP contribution is -2.48. The first-order valence-corrected chi connectivity index (χ1v) is 23.6. The van der Waals surface area contributed by atoms with Crippen molar-refractivity contribution in [3.63, 3.8) is 0 Å². The minimum absolute atomic E-state index is 0.0533. The molecule has 0 aliphatic carbocycles. The highest BCUT2D eigenvalue weighted by Crippen LogP contribution is 2.32. The number of carbonyl (C=O) groups excluding carboxylic acids is 3. The molecule has 1 fully saturated rings. The van der Waals surface area contributed by atoms with E-state index in [4.69, 9.17) is 31.9 Å². The number of benzene rings is 4. The van der Waals surface area contributed by atoms with Crippen LogP contribution in [0.1, 0.15) is 87.6 Å². The Morgan fingerprint density at radius 3 is 2.40 bits per heavy atom. The van der Waals surface area contributed by atoms with Gasteiger partial charge in [0.05, 0.1) is 40.1 Å². The molecule has 1 atom stereocenters. The summed E-state index contributed by atoms with van der Waals surface area (Å²) in [5, 5.41) is 6.21. The number of nitrogens with zero attached hydrogens (tertiary/aromatic N) is 5. The van der Waals surface area contributed by atoms with Gasteiger partial charge in [0, 0.05) is 62.8 Å². The first-order valence-electron chi connectivity index (χ1n) is 21.7. The first kappa shape index (κ1) is 45.7. The van der Waals surface area contributed by atoms with Crippen molar-refractivity contribution in [2.45, 2.75) is 70.4 Å². The van der Waals surface area contributed by atoms with E-state index in [-0.39, 0.29) is 57.5 Å². The third-order valence-corrected chi connectivity index (χ3v) is 13.6. The van der Waals surface area contributed by atoms with Crippen LogP contribution < -0.4 is 15.2 Å². The minimum Gasteiger partial charge on any atom is -0.492 e. The molecular weight excluding hydrogens is 842 g/mol. The molecule has 14 nitrogen and oxygen atoms in total. The van der Waals surface area contributed by atoms with Gasteiger partial charge >= 0.3 is 0 Å². The quantitative estimate of drug-likeness (QED) is 0.107. The number of hydrogen-bond acceptors (Lipinski definition) is 10. The van der Waals surface area contributed by atoms with Gasteiger partial charge in [0.25, 0.3) is 27.7 Å². The van der Waals surface area contributed by atoms with E-state index in [1.807, 2.05) is 36.4 Å². The Balaban J connectivity index is 1.22. The standard InChI is InChI=1S/C47H56ClN7O7S/c1-4-6-19-53(20-7-5-2)47(58)44-43(48)32(3)55(50-44)41-18-16-35(28-40(41)46(57)54-31-36-12-9-8-11-34(36)27-37(54)30-49)45(56)51-63(59,60)38-17-15-33-13-10-14-42(39(33)29-38)62-26-23-52-21-24-61-25-22-52/h8-18,28-29,37H,4-7,19-27,30-31,49H2,1-3H3,(H,51,56)/t37-/m0/s1. The van der Waals surface area contributed by atoms with E-state index < -0.39 is 21.8 Å². The van der Waals surface area contributed by atoms with Crippen LogP contribution in [0.4, 0.5) is 0 Å². The lowest BCUT2D eigenvalue weighted by atomic mass is 9.93. The van der Waals surface area contributed by atoms with Crippen LogP contribution in [0.2, 0.25) is 5.02 Å². The van der Waals surface area contributed by atoms with Crippen molar-refractivity contribution in [1.82, 2.24) is 29.2 Å². The van der Waals surface area contributed by atoms with Crippen LogP contribution in [0.5, 0.6) is 5.75 Å². The van der Waals surface area contributed by atoms with Crippen molar-refractivity contribution in [2.24, 2.45) is 5.73 Å². The number of morpholine rings is 1. The number of unbranched alkanes of at least 4 members (excludes halogenated alkanes) is 2. The smallest absolute Gasteiger partial charge is 0.275 e. The van der Waals surface area contributed by atoms with E-state index in [0.29, 0.717) is 62.7 Å².